The van der Waals surface area contributed by atoms with E-state index in [-0.39, 0.29) is 19.6 Å². The van der Waals surface area contributed by atoms with E-state index in [1.165, 1.54) is 0 Å². The van der Waals surface area contributed by atoms with Crippen LogP contribution in [0.1, 0.15) is 49.0 Å². The van der Waals surface area contributed by atoms with Gasteiger partial charge in [0.2, 0.25) is 11.5 Å². The molecule has 49 heavy (non-hydrogen) atoms. The third-order valence-corrected chi connectivity index (χ3v) is 7.85. The first-order valence-corrected chi connectivity index (χ1v) is 16.4. The molecule has 0 aliphatic carbocycles. The average Bonchev–Trinajstić information content (AvgIpc) is 3.10. The molecule has 2 heterocycles. The van der Waals surface area contributed by atoms with Crippen molar-refractivity contribution in [2.45, 2.75) is 61.2 Å². The number of benzene rings is 2. The molecule has 0 unspecified atom stereocenters. The first-order valence-electron chi connectivity index (χ1n) is 16.4. The van der Waals surface area contributed by atoms with Crippen LogP contribution in [-0.4, -0.2) is 76.8 Å². The van der Waals surface area contributed by atoms with Crippen molar-refractivity contribution in [3.63, 3.8) is 0 Å². The van der Waals surface area contributed by atoms with Crippen molar-refractivity contribution in [3.8, 4) is 57.0 Å². The van der Waals surface area contributed by atoms with E-state index in [0.29, 0.717) is 34.5 Å². The Morgan fingerprint density at radius 3 is 1.10 bits per heavy atom. The van der Waals surface area contributed by atoms with Gasteiger partial charge < -0.3 is 38.2 Å². The van der Waals surface area contributed by atoms with Gasteiger partial charge in [-0.15, -0.1) is 0 Å². The number of methoxy groups -OCH3 is 4. The van der Waals surface area contributed by atoms with Crippen LogP contribution in [0.25, 0.3) is 22.5 Å². The summed E-state index contributed by atoms with van der Waals surface area (Å²) in [4.78, 5) is 14.2. The summed E-state index contributed by atoms with van der Waals surface area (Å²) in [5.41, 5.74) is 5.52. The van der Waals surface area contributed by atoms with Crippen molar-refractivity contribution >= 4 is 11.4 Å². The van der Waals surface area contributed by atoms with E-state index in [1.807, 2.05) is 76.5 Å². The summed E-state index contributed by atoms with van der Waals surface area (Å²) >= 11 is 0. The van der Waals surface area contributed by atoms with E-state index < -0.39 is 0 Å². The average molecular weight is 675 g/mol. The summed E-state index contributed by atoms with van der Waals surface area (Å²) in [7, 11) is 6.51. The zero-order chi connectivity index (χ0) is 34.8. The number of hydrogen-bond donors (Lipinski definition) is 0. The van der Waals surface area contributed by atoms with E-state index in [2.05, 4.69) is 35.8 Å². The summed E-state index contributed by atoms with van der Waals surface area (Å²) in [5, 5.41) is 0. The van der Waals surface area contributed by atoms with E-state index in [1.54, 1.807) is 28.4 Å². The Labute approximate surface area is 292 Å². The highest BCUT2D eigenvalue weighted by Gasteiger charge is 2.19. The van der Waals surface area contributed by atoms with Crippen LogP contribution >= 0.6 is 0 Å². The van der Waals surface area contributed by atoms with Gasteiger partial charge in [-0.3, -0.25) is 9.97 Å². The third kappa shape index (κ3) is 9.40. The first-order chi connectivity index (χ1) is 23.1. The van der Waals surface area contributed by atoms with Crippen LogP contribution in [0, 0.1) is 0 Å². The Balaban J connectivity index is 0.00000650. The molecule has 4 rings (SSSR count). The molecule has 0 saturated carbocycles. The van der Waals surface area contributed by atoms with Crippen molar-refractivity contribution in [1.29, 1.82) is 0 Å². The Kier molecular flexibility index (Phi) is 14.2. The van der Waals surface area contributed by atoms with E-state index in [4.69, 9.17) is 38.4 Å². The standard InChI is InChI=1S/C38H50N4O6.CH4/c1-11-41(29-13-15-31(39-23-29)27-19-33(43-7)37(47-25(3)4)34(20-27)44-8)17-18-42(12-2)30-14-16-32(40-24-30)28-21-35(45-9)38(48-26(5)6)36(22-28)46-10;/h13-16,19-26H,11-12,17-18H2,1-10H3;1H4. The van der Waals surface area contributed by atoms with Crippen LogP contribution in [0.4, 0.5) is 11.4 Å². The molecule has 0 bridgehead atoms. The maximum Gasteiger partial charge on any atom is 0.203 e. The molecule has 0 fully saturated rings. The summed E-state index contributed by atoms with van der Waals surface area (Å²) < 4.78 is 34.4. The molecule has 10 heteroatoms. The summed E-state index contributed by atoms with van der Waals surface area (Å²) in [5.74, 6) is 3.60. The van der Waals surface area contributed by atoms with Crippen molar-refractivity contribution in [2.75, 3.05) is 64.4 Å². The van der Waals surface area contributed by atoms with Gasteiger partial charge in [0, 0.05) is 37.3 Å². The van der Waals surface area contributed by atoms with Crippen molar-refractivity contribution < 1.29 is 28.4 Å². The third-order valence-electron chi connectivity index (χ3n) is 7.85. The Bertz CT molecular complexity index is 1440. The molecule has 2 aromatic heterocycles. The van der Waals surface area contributed by atoms with Gasteiger partial charge in [0.1, 0.15) is 0 Å². The fourth-order valence-electron chi connectivity index (χ4n) is 5.43. The van der Waals surface area contributed by atoms with Gasteiger partial charge in [0.05, 0.1) is 75.8 Å². The second kappa shape index (κ2) is 18.1. The molecular weight excluding hydrogens is 620 g/mol. The lowest BCUT2D eigenvalue weighted by atomic mass is 10.1. The van der Waals surface area contributed by atoms with Gasteiger partial charge in [-0.25, -0.2) is 0 Å². The van der Waals surface area contributed by atoms with Crippen molar-refractivity contribution in [1.82, 2.24) is 9.97 Å². The van der Waals surface area contributed by atoms with Gasteiger partial charge in [0.25, 0.3) is 0 Å². The zero-order valence-electron chi connectivity index (χ0n) is 30.0. The predicted molar refractivity (Wildman–Crippen MR) is 200 cm³/mol. The minimum absolute atomic E-state index is 0. The van der Waals surface area contributed by atoms with Crippen molar-refractivity contribution in [2.24, 2.45) is 0 Å². The van der Waals surface area contributed by atoms with E-state index in [0.717, 1.165) is 60.1 Å². The normalized spacial score (nSPS) is 10.8. The number of likely N-dealkylation sites (N-methyl/N-ethyl adjacent to an activating group) is 2. The Hall–Kier alpha value is -4.86. The molecule has 0 N–H and O–H groups in total. The minimum Gasteiger partial charge on any atom is -0.493 e. The summed E-state index contributed by atoms with van der Waals surface area (Å²) in [6.45, 7) is 15.5. The molecule has 0 spiro atoms. The van der Waals surface area contributed by atoms with E-state index >= 15 is 0 Å². The van der Waals surface area contributed by atoms with Crippen LogP contribution in [0.2, 0.25) is 0 Å². The first kappa shape index (κ1) is 38.6. The predicted octanol–water partition coefficient (Wildman–Crippen LogP) is 8.41. The lowest BCUT2D eigenvalue weighted by Gasteiger charge is -2.29. The second-order valence-electron chi connectivity index (χ2n) is 11.7. The molecule has 0 amide bonds. The zero-order valence-corrected chi connectivity index (χ0v) is 30.0. The van der Waals surface area contributed by atoms with Crippen LogP contribution in [0.15, 0.2) is 60.9 Å². The van der Waals surface area contributed by atoms with Crippen LogP contribution in [-0.2, 0) is 0 Å². The number of aromatic nitrogens is 2. The number of anilines is 2. The molecular formula is C39H54N4O6. The molecule has 266 valence electrons. The molecule has 0 aliphatic heterocycles. The van der Waals surface area contributed by atoms with Gasteiger partial charge in [-0.05, 0) is 90.1 Å². The van der Waals surface area contributed by atoms with Gasteiger partial charge >= 0.3 is 0 Å². The fraction of sp³-hybridized carbons (Fsp3) is 0.436. The van der Waals surface area contributed by atoms with E-state index in [9.17, 15) is 0 Å². The maximum absolute atomic E-state index is 5.96. The Morgan fingerprint density at radius 2 is 0.878 bits per heavy atom. The number of nitrogens with zero attached hydrogens (tertiary/aromatic N) is 4. The quantitative estimate of drug-likeness (QED) is 0.109. The monoisotopic (exact) mass is 674 g/mol. The van der Waals surface area contributed by atoms with Crippen LogP contribution in [0.5, 0.6) is 34.5 Å². The van der Waals surface area contributed by atoms with Crippen LogP contribution < -0.4 is 38.2 Å². The number of rotatable bonds is 17. The minimum atomic E-state index is -0.0158. The second-order valence-corrected chi connectivity index (χ2v) is 11.7. The summed E-state index contributed by atoms with van der Waals surface area (Å²) in [6, 6.07) is 16.0. The smallest absolute Gasteiger partial charge is 0.203 e. The van der Waals surface area contributed by atoms with Gasteiger partial charge in [0.15, 0.2) is 23.0 Å². The molecule has 10 nitrogen and oxygen atoms in total. The number of hydrogen-bond acceptors (Lipinski definition) is 10. The highest BCUT2D eigenvalue weighted by Crippen LogP contribution is 2.43. The molecule has 0 aliphatic rings. The molecule has 2 aromatic carbocycles. The van der Waals surface area contributed by atoms with Gasteiger partial charge in [-0.2, -0.15) is 0 Å². The highest BCUT2D eigenvalue weighted by atomic mass is 16.5. The SMILES string of the molecule is C.CCN(CCN(CC)c1ccc(-c2cc(OC)c(OC(C)C)c(OC)c2)nc1)c1ccc(-c2cc(OC)c(OC(C)C)c(OC)c2)nc1. The maximum atomic E-state index is 5.96. The van der Waals surface area contributed by atoms with Crippen LogP contribution in [0.3, 0.4) is 0 Å². The largest absolute Gasteiger partial charge is 0.493 e. The number of pyridine rings is 2. The number of ether oxygens (including phenoxy) is 6. The van der Waals surface area contributed by atoms with Crippen molar-refractivity contribution in [3.05, 3.63) is 60.9 Å². The molecule has 0 saturated heterocycles. The highest BCUT2D eigenvalue weighted by molar-refractivity contribution is 5.71. The summed E-state index contributed by atoms with van der Waals surface area (Å²) in [6.07, 6.45) is 3.81. The molecule has 4 aromatic rings. The Morgan fingerprint density at radius 1 is 0.551 bits per heavy atom. The lowest BCUT2D eigenvalue weighted by Crippen LogP contribution is -2.35. The molecule has 0 atom stereocenters. The fourth-order valence-corrected chi connectivity index (χ4v) is 5.43. The topological polar surface area (TPSA) is 87.6 Å². The van der Waals surface area contributed by atoms with Gasteiger partial charge in [-0.1, -0.05) is 7.43 Å². The molecule has 0 radical (unpaired) electrons. The lowest BCUT2D eigenvalue weighted by molar-refractivity contribution is 0.218.